The summed E-state index contributed by atoms with van der Waals surface area (Å²) in [6.45, 7) is 5.51. The van der Waals surface area contributed by atoms with E-state index in [2.05, 4.69) is 10.3 Å². The standard InChI is InChI=1S/C13H18N4O2/c1-8(14)9-4-5-10(15-6-9)17-7-11(18)16-12(19)13(17,2)3/h4-6,8H,7,14H2,1-3H3,(H,16,18,19). The van der Waals surface area contributed by atoms with Crippen LogP contribution in [-0.4, -0.2) is 28.9 Å². The number of hydrogen-bond acceptors (Lipinski definition) is 5. The number of aromatic nitrogens is 1. The van der Waals surface area contributed by atoms with Crippen LogP contribution in [0, 0.1) is 0 Å². The van der Waals surface area contributed by atoms with Gasteiger partial charge in [0, 0.05) is 12.2 Å². The molecule has 1 aromatic heterocycles. The summed E-state index contributed by atoms with van der Waals surface area (Å²) in [6, 6.07) is 3.55. The summed E-state index contributed by atoms with van der Waals surface area (Å²) < 4.78 is 0. The maximum absolute atomic E-state index is 11.9. The third kappa shape index (κ3) is 2.44. The molecule has 102 valence electrons. The van der Waals surface area contributed by atoms with Crippen LogP contribution in [0.25, 0.3) is 0 Å². The molecule has 0 aliphatic carbocycles. The summed E-state index contributed by atoms with van der Waals surface area (Å²) in [5, 5.41) is 2.33. The van der Waals surface area contributed by atoms with Crippen molar-refractivity contribution in [2.24, 2.45) is 5.73 Å². The number of pyridine rings is 1. The Morgan fingerprint density at radius 2 is 2.11 bits per heavy atom. The van der Waals surface area contributed by atoms with E-state index >= 15 is 0 Å². The second-order valence-electron chi connectivity index (χ2n) is 5.26. The Morgan fingerprint density at radius 3 is 2.63 bits per heavy atom. The SMILES string of the molecule is CC(N)c1ccc(N2CC(=O)NC(=O)C2(C)C)nc1. The number of rotatable bonds is 2. The Labute approximate surface area is 112 Å². The van der Waals surface area contributed by atoms with E-state index in [0.717, 1.165) is 5.56 Å². The van der Waals surface area contributed by atoms with Gasteiger partial charge in [0.2, 0.25) is 5.91 Å². The van der Waals surface area contributed by atoms with Crippen LogP contribution in [0.1, 0.15) is 32.4 Å². The number of hydrogen-bond donors (Lipinski definition) is 2. The quantitative estimate of drug-likeness (QED) is 0.750. The number of anilines is 1. The highest BCUT2D eigenvalue weighted by Crippen LogP contribution is 2.25. The lowest BCUT2D eigenvalue weighted by Crippen LogP contribution is -2.64. The van der Waals surface area contributed by atoms with Crippen molar-refractivity contribution in [3.63, 3.8) is 0 Å². The number of piperazine rings is 1. The summed E-state index contributed by atoms with van der Waals surface area (Å²) in [7, 11) is 0. The first-order chi connectivity index (χ1) is 8.82. The molecule has 1 aromatic rings. The van der Waals surface area contributed by atoms with Gasteiger partial charge < -0.3 is 10.6 Å². The Kier molecular flexibility index (Phi) is 3.28. The zero-order valence-electron chi connectivity index (χ0n) is 11.3. The van der Waals surface area contributed by atoms with Gasteiger partial charge in [0.1, 0.15) is 11.4 Å². The molecule has 0 bridgehead atoms. The van der Waals surface area contributed by atoms with Crippen molar-refractivity contribution >= 4 is 17.6 Å². The van der Waals surface area contributed by atoms with Gasteiger partial charge in [0.25, 0.3) is 5.91 Å². The topological polar surface area (TPSA) is 88.3 Å². The number of nitrogens with zero attached hydrogens (tertiary/aromatic N) is 2. The summed E-state index contributed by atoms with van der Waals surface area (Å²) >= 11 is 0. The molecule has 2 heterocycles. The second kappa shape index (κ2) is 4.62. The first-order valence-corrected chi connectivity index (χ1v) is 6.16. The number of carbonyl (C=O) groups is 2. The molecule has 19 heavy (non-hydrogen) atoms. The molecule has 3 N–H and O–H groups in total. The third-order valence-corrected chi connectivity index (χ3v) is 3.36. The van der Waals surface area contributed by atoms with Gasteiger partial charge in [-0.15, -0.1) is 0 Å². The fraction of sp³-hybridized carbons (Fsp3) is 0.462. The van der Waals surface area contributed by atoms with Crippen molar-refractivity contribution in [2.75, 3.05) is 11.4 Å². The molecule has 0 radical (unpaired) electrons. The summed E-state index contributed by atoms with van der Waals surface area (Å²) in [5.41, 5.74) is 5.87. The van der Waals surface area contributed by atoms with Gasteiger partial charge in [-0.2, -0.15) is 0 Å². The van der Waals surface area contributed by atoms with E-state index in [-0.39, 0.29) is 24.4 Å². The lowest BCUT2D eigenvalue weighted by molar-refractivity contribution is -0.135. The summed E-state index contributed by atoms with van der Waals surface area (Å²) in [6.07, 6.45) is 1.67. The largest absolute Gasteiger partial charge is 0.333 e. The van der Waals surface area contributed by atoms with E-state index in [0.29, 0.717) is 5.82 Å². The number of carbonyl (C=O) groups excluding carboxylic acids is 2. The first kappa shape index (κ1) is 13.5. The summed E-state index contributed by atoms with van der Waals surface area (Å²) in [4.78, 5) is 29.4. The van der Waals surface area contributed by atoms with Crippen molar-refractivity contribution < 1.29 is 9.59 Å². The number of nitrogens with one attached hydrogen (secondary N) is 1. The van der Waals surface area contributed by atoms with E-state index in [9.17, 15) is 9.59 Å². The number of imide groups is 1. The van der Waals surface area contributed by atoms with E-state index in [1.165, 1.54) is 0 Å². The molecule has 1 saturated heterocycles. The minimum Gasteiger partial charge on any atom is -0.333 e. The Balaban J connectivity index is 2.33. The Morgan fingerprint density at radius 1 is 1.42 bits per heavy atom. The van der Waals surface area contributed by atoms with Crippen molar-refractivity contribution in [3.8, 4) is 0 Å². The average molecular weight is 262 g/mol. The zero-order valence-corrected chi connectivity index (χ0v) is 11.3. The average Bonchev–Trinajstić information content (AvgIpc) is 2.34. The predicted molar refractivity (Wildman–Crippen MR) is 71.4 cm³/mol. The van der Waals surface area contributed by atoms with Crippen LogP contribution in [0.3, 0.4) is 0 Å². The molecule has 1 unspecified atom stereocenters. The fourth-order valence-corrected chi connectivity index (χ4v) is 1.98. The van der Waals surface area contributed by atoms with Gasteiger partial charge in [-0.25, -0.2) is 4.98 Å². The molecule has 6 nitrogen and oxygen atoms in total. The maximum atomic E-state index is 11.9. The lowest BCUT2D eigenvalue weighted by atomic mass is 9.98. The highest BCUT2D eigenvalue weighted by molar-refractivity contribution is 6.06. The molecule has 0 aromatic carbocycles. The van der Waals surface area contributed by atoms with Gasteiger partial charge in [-0.1, -0.05) is 6.07 Å². The molecule has 1 fully saturated rings. The predicted octanol–water partition coefficient (Wildman–Crippen LogP) is 0.343. The van der Waals surface area contributed by atoms with Crippen LogP contribution < -0.4 is 16.0 Å². The van der Waals surface area contributed by atoms with Crippen molar-refractivity contribution in [2.45, 2.75) is 32.4 Å². The van der Waals surface area contributed by atoms with Gasteiger partial charge >= 0.3 is 0 Å². The highest BCUT2D eigenvalue weighted by atomic mass is 16.2. The number of nitrogens with two attached hydrogens (primary N) is 1. The smallest absolute Gasteiger partial charge is 0.251 e. The normalized spacial score (nSPS) is 20.1. The van der Waals surface area contributed by atoms with Crippen molar-refractivity contribution in [1.29, 1.82) is 0 Å². The third-order valence-electron chi connectivity index (χ3n) is 3.36. The molecule has 6 heteroatoms. The van der Waals surface area contributed by atoms with Gasteiger partial charge in [0.05, 0.1) is 6.54 Å². The molecule has 2 amide bonds. The maximum Gasteiger partial charge on any atom is 0.251 e. The summed E-state index contributed by atoms with van der Waals surface area (Å²) in [5.74, 6) is -0.0400. The van der Waals surface area contributed by atoms with Crippen molar-refractivity contribution in [3.05, 3.63) is 23.9 Å². The molecule has 0 spiro atoms. The molecular formula is C13H18N4O2. The Hall–Kier alpha value is -1.95. The van der Waals surface area contributed by atoms with Gasteiger partial charge in [-0.3, -0.25) is 14.9 Å². The van der Waals surface area contributed by atoms with E-state index in [4.69, 9.17) is 5.73 Å². The van der Waals surface area contributed by atoms with E-state index in [1.54, 1.807) is 31.0 Å². The van der Waals surface area contributed by atoms with Crippen LogP contribution in [0.4, 0.5) is 5.82 Å². The lowest BCUT2D eigenvalue weighted by Gasteiger charge is -2.40. The Bertz CT molecular complexity index is 508. The highest BCUT2D eigenvalue weighted by Gasteiger charge is 2.41. The second-order valence-corrected chi connectivity index (χ2v) is 5.26. The molecule has 1 aliphatic rings. The fourth-order valence-electron chi connectivity index (χ4n) is 1.98. The molecule has 0 saturated carbocycles. The van der Waals surface area contributed by atoms with Crippen LogP contribution in [-0.2, 0) is 9.59 Å². The van der Waals surface area contributed by atoms with E-state index < -0.39 is 5.54 Å². The van der Waals surface area contributed by atoms with Gasteiger partial charge in [-0.05, 0) is 32.4 Å². The van der Waals surface area contributed by atoms with Crippen molar-refractivity contribution in [1.82, 2.24) is 10.3 Å². The van der Waals surface area contributed by atoms with Gasteiger partial charge in [0.15, 0.2) is 0 Å². The molecule has 2 rings (SSSR count). The minimum atomic E-state index is -0.809. The molecule has 1 aliphatic heterocycles. The molecular weight excluding hydrogens is 244 g/mol. The van der Waals surface area contributed by atoms with Crippen LogP contribution in [0.15, 0.2) is 18.3 Å². The first-order valence-electron chi connectivity index (χ1n) is 6.16. The van der Waals surface area contributed by atoms with Crippen LogP contribution in [0.5, 0.6) is 0 Å². The molecule has 1 atom stereocenters. The minimum absolute atomic E-state index is 0.0964. The van der Waals surface area contributed by atoms with E-state index in [1.807, 2.05) is 13.0 Å². The van der Waals surface area contributed by atoms with Crippen LogP contribution >= 0.6 is 0 Å². The van der Waals surface area contributed by atoms with Crippen LogP contribution in [0.2, 0.25) is 0 Å². The zero-order chi connectivity index (χ0) is 14.2. The number of amides is 2. The monoisotopic (exact) mass is 262 g/mol.